The van der Waals surface area contributed by atoms with Gasteiger partial charge >= 0.3 is 0 Å². The third-order valence-electron chi connectivity index (χ3n) is 3.31. The van der Waals surface area contributed by atoms with E-state index in [0.29, 0.717) is 12.0 Å². The second-order valence-electron chi connectivity index (χ2n) is 5.05. The second kappa shape index (κ2) is 4.94. The van der Waals surface area contributed by atoms with Crippen molar-refractivity contribution in [2.45, 2.75) is 33.4 Å². The van der Waals surface area contributed by atoms with Gasteiger partial charge in [-0.3, -0.25) is 4.57 Å². The van der Waals surface area contributed by atoms with Gasteiger partial charge in [0.2, 0.25) is 5.95 Å². The number of aromatic nitrogens is 3. The van der Waals surface area contributed by atoms with Gasteiger partial charge in [0, 0.05) is 25.3 Å². The van der Waals surface area contributed by atoms with Crippen LogP contribution in [0.2, 0.25) is 0 Å². The number of nitrogens with two attached hydrogens (primary N) is 1. The van der Waals surface area contributed by atoms with Gasteiger partial charge in [-0.15, -0.1) is 0 Å². The van der Waals surface area contributed by atoms with Gasteiger partial charge in [0.1, 0.15) is 5.52 Å². The monoisotopic (exact) mass is 247 g/mol. The Morgan fingerprint density at radius 1 is 1.44 bits per heavy atom. The summed E-state index contributed by atoms with van der Waals surface area (Å²) in [5, 5.41) is 0. The first-order chi connectivity index (χ1) is 8.49. The number of rotatable bonds is 4. The van der Waals surface area contributed by atoms with Gasteiger partial charge in [-0.05, 0) is 39.4 Å². The summed E-state index contributed by atoms with van der Waals surface area (Å²) >= 11 is 0. The molecular formula is C13H21N5. The van der Waals surface area contributed by atoms with Gasteiger partial charge in [-0.2, -0.15) is 0 Å². The van der Waals surface area contributed by atoms with Crippen LogP contribution in [0, 0.1) is 6.92 Å². The maximum atomic E-state index is 5.96. The standard InChI is InChI=1S/C13H21N5/c1-9(2)17(4)5-6-18-12-11(16-13(18)14)7-10(3)8-15-12/h7-9H,5-6H2,1-4H3,(H2,14,16). The molecule has 2 rings (SSSR count). The second-order valence-corrected chi connectivity index (χ2v) is 5.05. The van der Waals surface area contributed by atoms with E-state index in [2.05, 4.69) is 35.8 Å². The fraction of sp³-hybridized carbons (Fsp3) is 0.538. The van der Waals surface area contributed by atoms with Crippen molar-refractivity contribution in [1.29, 1.82) is 0 Å². The molecule has 0 saturated carbocycles. The Labute approximate surface area is 108 Å². The zero-order valence-corrected chi connectivity index (χ0v) is 11.5. The molecule has 2 aromatic rings. The van der Waals surface area contributed by atoms with Gasteiger partial charge in [-0.25, -0.2) is 9.97 Å². The first-order valence-electron chi connectivity index (χ1n) is 6.27. The average molecular weight is 247 g/mol. The van der Waals surface area contributed by atoms with E-state index in [9.17, 15) is 0 Å². The van der Waals surface area contributed by atoms with E-state index in [0.717, 1.165) is 29.8 Å². The third-order valence-corrected chi connectivity index (χ3v) is 3.31. The van der Waals surface area contributed by atoms with E-state index < -0.39 is 0 Å². The van der Waals surface area contributed by atoms with Crippen LogP contribution in [-0.4, -0.2) is 39.1 Å². The Balaban J connectivity index is 2.25. The Morgan fingerprint density at radius 3 is 2.83 bits per heavy atom. The molecule has 0 spiro atoms. The van der Waals surface area contributed by atoms with Crippen LogP contribution in [0.25, 0.3) is 11.2 Å². The molecule has 0 unspecified atom stereocenters. The van der Waals surface area contributed by atoms with Crippen LogP contribution in [0.1, 0.15) is 19.4 Å². The third kappa shape index (κ3) is 2.46. The Kier molecular flexibility index (Phi) is 3.52. The molecule has 98 valence electrons. The normalized spacial score (nSPS) is 11.9. The number of fused-ring (bicyclic) bond motifs is 1. The lowest BCUT2D eigenvalue weighted by Crippen LogP contribution is -2.30. The zero-order valence-electron chi connectivity index (χ0n) is 11.5. The predicted octanol–water partition coefficient (Wildman–Crippen LogP) is 1.66. The SMILES string of the molecule is Cc1cnc2c(c1)nc(N)n2CCN(C)C(C)C. The topological polar surface area (TPSA) is 60.0 Å². The number of pyridine rings is 1. The largest absolute Gasteiger partial charge is 0.369 e. The first-order valence-corrected chi connectivity index (χ1v) is 6.27. The molecule has 5 heteroatoms. The van der Waals surface area contributed by atoms with Crippen LogP contribution in [0.3, 0.4) is 0 Å². The molecule has 0 aliphatic heterocycles. The summed E-state index contributed by atoms with van der Waals surface area (Å²) in [7, 11) is 2.11. The molecule has 5 nitrogen and oxygen atoms in total. The van der Waals surface area contributed by atoms with Crippen molar-refractivity contribution in [1.82, 2.24) is 19.4 Å². The average Bonchev–Trinajstić information content (AvgIpc) is 2.60. The minimum Gasteiger partial charge on any atom is -0.369 e. The fourth-order valence-corrected chi connectivity index (χ4v) is 1.87. The van der Waals surface area contributed by atoms with Gasteiger partial charge in [0.25, 0.3) is 0 Å². The minimum absolute atomic E-state index is 0.524. The number of nitrogen functional groups attached to an aromatic ring is 1. The van der Waals surface area contributed by atoms with Crippen molar-refractivity contribution in [3.05, 3.63) is 17.8 Å². The molecule has 0 saturated heterocycles. The molecule has 0 aromatic carbocycles. The van der Waals surface area contributed by atoms with Crippen molar-refractivity contribution in [3.63, 3.8) is 0 Å². The number of likely N-dealkylation sites (N-methyl/N-ethyl adjacent to an activating group) is 1. The van der Waals surface area contributed by atoms with Crippen molar-refractivity contribution in [2.75, 3.05) is 19.3 Å². The molecule has 0 aliphatic rings. The van der Waals surface area contributed by atoms with Gasteiger partial charge < -0.3 is 10.6 Å². The van der Waals surface area contributed by atoms with Crippen LogP contribution in [-0.2, 0) is 6.54 Å². The fourth-order valence-electron chi connectivity index (χ4n) is 1.87. The van der Waals surface area contributed by atoms with Gasteiger partial charge in [-0.1, -0.05) is 0 Å². The van der Waals surface area contributed by atoms with E-state index in [1.54, 1.807) is 0 Å². The molecule has 18 heavy (non-hydrogen) atoms. The summed E-state index contributed by atoms with van der Waals surface area (Å²) in [4.78, 5) is 11.1. The molecule has 2 N–H and O–H groups in total. The summed E-state index contributed by atoms with van der Waals surface area (Å²) in [5.41, 5.74) is 8.81. The van der Waals surface area contributed by atoms with Crippen molar-refractivity contribution >= 4 is 17.1 Å². The number of imidazole rings is 1. The lowest BCUT2D eigenvalue weighted by Gasteiger charge is -2.21. The van der Waals surface area contributed by atoms with E-state index in [-0.39, 0.29) is 0 Å². The number of anilines is 1. The molecule has 0 fully saturated rings. The van der Waals surface area contributed by atoms with Crippen LogP contribution in [0.15, 0.2) is 12.3 Å². The van der Waals surface area contributed by atoms with E-state index in [1.807, 2.05) is 23.8 Å². The highest BCUT2D eigenvalue weighted by Gasteiger charge is 2.11. The highest BCUT2D eigenvalue weighted by atomic mass is 15.2. The summed E-state index contributed by atoms with van der Waals surface area (Å²) < 4.78 is 1.98. The highest BCUT2D eigenvalue weighted by molar-refractivity contribution is 5.74. The highest BCUT2D eigenvalue weighted by Crippen LogP contribution is 2.16. The zero-order chi connectivity index (χ0) is 13.3. The summed E-state index contributed by atoms with van der Waals surface area (Å²) in [6, 6.07) is 2.54. The number of hydrogen-bond donors (Lipinski definition) is 1. The van der Waals surface area contributed by atoms with Gasteiger partial charge in [0.15, 0.2) is 5.65 Å². The van der Waals surface area contributed by atoms with Crippen LogP contribution in [0.4, 0.5) is 5.95 Å². The smallest absolute Gasteiger partial charge is 0.202 e. The number of hydrogen-bond acceptors (Lipinski definition) is 4. The Morgan fingerprint density at radius 2 is 2.17 bits per heavy atom. The predicted molar refractivity (Wildman–Crippen MR) is 74.4 cm³/mol. The van der Waals surface area contributed by atoms with Gasteiger partial charge in [0.05, 0.1) is 0 Å². The number of nitrogens with zero attached hydrogens (tertiary/aromatic N) is 4. The van der Waals surface area contributed by atoms with E-state index in [4.69, 9.17) is 5.73 Å². The molecule has 0 radical (unpaired) electrons. The summed E-state index contributed by atoms with van der Waals surface area (Å²) in [6.07, 6.45) is 1.85. The van der Waals surface area contributed by atoms with Crippen molar-refractivity contribution < 1.29 is 0 Å². The molecule has 0 amide bonds. The molecule has 2 heterocycles. The Bertz CT molecular complexity index is 544. The maximum absolute atomic E-state index is 5.96. The number of aryl methyl sites for hydroxylation is 1. The van der Waals surface area contributed by atoms with Crippen molar-refractivity contribution in [2.24, 2.45) is 0 Å². The van der Waals surface area contributed by atoms with E-state index in [1.165, 1.54) is 0 Å². The van der Waals surface area contributed by atoms with Crippen molar-refractivity contribution in [3.8, 4) is 0 Å². The quantitative estimate of drug-likeness (QED) is 0.892. The lowest BCUT2D eigenvalue weighted by atomic mass is 10.3. The lowest BCUT2D eigenvalue weighted by molar-refractivity contribution is 0.264. The summed E-state index contributed by atoms with van der Waals surface area (Å²) in [6.45, 7) is 8.11. The molecule has 0 aliphatic carbocycles. The maximum Gasteiger partial charge on any atom is 0.202 e. The first kappa shape index (κ1) is 12.8. The Hall–Kier alpha value is -1.62. The molecule has 0 atom stereocenters. The molecule has 0 bridgehead atoms. The van der Waals surface area contributed by atoms with E-state index >= 15 is 0 Å². The van der Waals surface area contributed by atoms with Crippen LogP contribution >= 0.6 is 0 Å². The van der Waals surface area contributed by atoms with Crippen LogP contribution in [0.5, 0.6) is 0 Å². The molecule has 2 aromatic heterocycles. The molecular weight excluding hydrogens is 226 g/mol. The summed E-state index contributed by atoms with van der Waals surface area (Å²) in [5.74, 6) is 0.542. The minimum atomic E-state index is 0.524. The van der Waals surface area contributed by atoms with Crippen LogP contribution < -0.4 is 5.73 Å².